The maximum atomic E-state index is 12.1. The summed E-state index contributed by atoms with van der Waals surface area (Å²) in [6, 6.07) is -0.0864. The summed E-state index contributed by atoms with van der Waals surface area (Å²) in [5.74, 6) is -0.917. The largest absolute Gasteiger partial charge is 0.376 e. The minimum absolute atomic E-state index is 0.0864. The summed E-state index contributed by atoms with van der Waals surface area (Å²) in [4.78, 5) is 25.0. The van der Waals surface area contributed by atoms with Gasteiger partial charge in [-0.3, -0.25) is 14.5 Å². The zero-order chi connectivity index (χ0) is 15.0. The van der Waals surface area contributed by atoms with E-state index in [2.05, 4.69) is 22.9 Å². The van der Waals surface area contributed by atoms with E-state index in [-0.39, 0.29) is 23.5 Å². The molecular weight excluding hydrogens is 284 g/mol. The van der Waals surface area contributed by atoms with Crippen LogP contribution in [0.2, 0.25) is 0 Å². The van der Waals surface area contributed by atoms with E-state index in [1.165, 1.54) is 4.90 Å². The molecule has 0 bridgehead atoms. The number of nitrogens with two attached hydrogens (primary N) is 1. The third kappa shape index (κ3) is 6.44. The Hall–Kier alpha value is -1.28. The standard InChI is InChI=1S/C11H20N4O2S2/c1-4-7(3)15(11(19)13-5-2)9(17)6-8(16)14-10(12)18/h7H,4-6H2,1-3H3,(H,13,19)(H3,12,14,16,18). The lowest BCUT2D eigenvalue weighted by atomic mass is 10.2. The van der Waals surface area contributed by atoms with Gasteiger partial charge in [0.25, 0.3) is 0 Å². The summed E-state index contributed by atoms with van der Waals surface area (Å²) in [7, 11) is 0. The second-order valence-electron chi connectivity index (χ2n) is 3.95. The van der Waals surface area contributed by atoms with Crippen LogP contribution in [0.1, 0.15) is 33.6 Å². The fourth-order valence-electron chi connectivity index (χ4n) is 1.38. The van der Waals surface area contributed by atoms with Crippen molar-refractivity contribution in [2.45, 2.75) is 39.7 Å². The molecule has 0 saturated heterocycles. The second-order valence-corrected chi connectivity index (χ2v) is 4.77. The molecular formula is C11H20N4O2S2. The van der Waals surface area contributed by atoms with Crippen molar-refractivity contribution < 1.29 is 9.59 Å². The Morgan fingerprint density at radius 3 is 2.32 bits per heavy atom. The Morgan fingerprint density at radius 1 is 1.32 bits per heavy atom. The van der Waals surface area contributed by atoms with Crippen molar-refractivity contribution in [1.29, 1.82) is 0 Å². The van der Waals surface area contributed by atoms with Crippen molar-refractivity contribution in [3.63, 3.8) is 0 Å². The summed E-state index contributed by atoms with van der Waals surface area (Å²) in [5.41, 5.74) is 5.18. The molecule has 4 N–H and O–H groups in total. The maximum Gasteiger partial charge on any atom is 0.238 e. The van der Waals surface area contributed by atoms with Crippen LogP contribution in [0, 0.1) is 0 Å². The van der Waals surface area contributed by atoms with Gasteiger partial charge in [-0.25, -0.2) is 0 Å². The highest BCUT2D eigenvalue weighted by Crippen LogP contribution is 2.07. The Morgan fingerprint density at radius 2 is 1.89 bits per heavy atom. The number of amides is 2. The van der Waals surface area contributed by atoms with Crippen LogP contribution in [0.15, 0.2) is 0 Å². The smallest absolute Gasteiger partial charge is 0.238 e. The normalized spacial score (nSPS) is 11.3. The highest BCUT2D eigenvalue weighted by atomic mass is 32.1. The van der Waals surface area contributed by atoms with Gasteiger partial charge < -0.3 is 16.4 Å². The number of hydrogen-bond donors (Lipinski definition) is 3. The van der Waals surface area contributed by atoms with Crippen molar-refractivity contribution in [2.75, 3.05) is 6.54 Å². The van der Waals surface area contributed by atoms with Gasteiger partial charge in [-0.15, -0.1) is 0 Å². The molecule has 1 unspecified atom stereocenters. The molecule has 0 fully saturated rings. The molecule has 0 aromatic rings. The number of rotatable bonds is 5. The molecule has 8 heteroatoms. The summed E-state index contributed by atoms with van der Waals surface area (Å²) < 4.78 is 0. The van der Waals surface area contributed by atoms with Gasteiger partial charge in [0.05, 0.1) is 0 Å². The van der Waals surface area contributed by atoms with Crippen LogP contribution in [0.3, 0.4) is 0 Å². The highest BCUT2D eigenvalue weighted by molar-refractivity contribution is 7.80. The Kier molecular flexibility index (Phi) is 8.17. The highest BCUT2D eigenvalue weighted by Gasteiger charge is 2.24. The Bertz CT molecular complexity index is 374. The monoisotopic (exact) mass is 304 g/mol. The van der Waals surface area contributed by atoms with Gasteiger partial charge in [0, 0.05) is 12.6 Å². The molecule has 0 aromatic carbocycles. The molecule has 6 nitrogen and oxygen atoms in total. The van der Waals surface area contributed by atoms with Crippen LogP contribution in [0.25, 0.3) is 0 Å². The van der Waals surface area contributed by atoms with Gasteiger partial charge in [0.1, 0.15) is 6.42 Å². The van der Waals surface area contributed by atoms with Gasteiger partial charge in [-0.2, -0.15) is 0 Å². The van der Waals surface area contributed by atoms with Gasteiger partial charge in [0.2, 0.25) is 11.8 Å². The topological polar surface area (TPSA) is 87.5 Å². The fourth-order valence-corrected chi connectivity index (χ4v) is 1.92. The molecule has 0 aliphatic carbocycles. The number of hydrogen-bond acceptors (Lipinski definition) is 4. The molecule has 1 atom stereocenters. The van der Waals surface area contributed by atoms with Crippen molar-refractivity contribution in [2.24, 2.45) is 5.73 Å². The first-order valence-corrected chi connectivity index (χ1v) is 6.84. The van der Waals surface area contributed by atoms with Crippen molar-refractivity contribution in [1.82, 2.24) is 15.5 Å². The summed E-state index contributed by atoms with van der Waals surface area (Å²) >= 11 is 9.69. The predicted molar refractivity (Wildman–Crippen MR) is 82.4 cm³/mol. The van der Waals surface area contributed by atoms with Crippen molar-refractivity contribution >= 4 is 46.5 Å². The summed E-state index contributed by atoms with van der Waals surface area (Å²) in [6.07, 6.45) is 0.390. The number of carbonyl (C=O) groups is 2. The fraction of sp³-hybridized carbons (Fsp3) is 0.636. The van der Waals surface area contributed by atoms with Crippen molar-refractivity contribution in [3.05, 3.63) is 0 Å². The lowest BCUT2D eigenvalue weighted by molar-refractivity contribution is -0.133. The first-order chi connectivity index (χ1) is 8.83. The minimum atomic E-state index is -0.537. The molecule has 0 radical (unpaired) electrons. The lowest BCUT2D eigenvalue weighted by Crippen LogP contribution is -2.49. The lowest BCUT2D eigenvalue weighted by Gasteiger charge is -2.29. The van der Waals surface area contributed by atoms with E-state index >= 15 is 0 Å². The van der Waals surface area contributed by atoms with Gasteiger partial charge in [-0.05, 0) is 44.7 Å². The first kappa shape index (κ1) is 17.7. The summed E-state index contributed by atoms with van der Waals surface area (Å²) in [5, 5.41) is 5.30. The average molecular weight is 304 g/mol. The molecule has 0 aliphatic heterocycles. The molecule has 2 amide bonds. The third-order valence-corrected chi connectivity index (χ3v) is 2.86. The zero-order valence-corrected chi connectivity index (χ0v) is 13.0. The zero-order valence-electron chi connectivity index (χ0n) is 11.4. The molecule has 0 aromatic heterocycles. The Balaban J connectivity index is 4.77. The summed E-state index contributed by atoms with van der Waals surface area (Å²) in [6.45, 7) is 6.30. The van der Waals surface area contributed by atoms with E-state index in [1.54, 1.807) is 0 Å². The van der Waals surface area contributed by atoms with Crippen LogP contribution in [0.5, 0.6) is 0 Å². The predicted octanol–water partition coefficient (Wildman–Crippen LogP) is 0.258. The van der Waals surface area contributed by atoms with E-state index < -0.39 is 5.91 Å². The number of nitrogens with one attached hydrogen (secondary N) is 2. The molecule has 19 heavy (non-hydrogen) atoms. The number of thiocarbonyl (C=S) groups is 2. The van der Waals surface area contributed by atoms with Crippen LogP contribution in [-0.4, -0.2) is 39.5 Å². The number of nitrogens with zero attached hydrogens (tertiary/aromatic N) is 1. The van der Waals surface area contributed by atoms with Crippen LogP contribution >= 0.6 is 24.4 Å². The maximum absolute atomic E-state index is 12.1. The van der Waals surface area contributed by atoms with E-state index in [0.717, 1.165) is 6.42 Å². The molecule has 0 saturated carbocycles. The SMILES string of the molecule is CCNC(=S)N(C(=O)CC(=O)NC(N)=S)C(C)CC. The van der Waals surface area contributed by atoms with E-state index in [1.807, 2.05) is 20.8 Å². The Labute approximate surface area is 124 Å². The van der Waals surface area contributed by atoms with E-state index in [0.29, 0.717) is 11.7 Å². The van der Waals surface area contributed by atoms with Crippen LogP contribution < -0.4 is 16.4 Å². The molecule has 108 valence electrons. The van der Waals surface area contributed by atoms with Crippen LogP contribution in [-0.2, 0) is 9.59 Å². The quantitative estimate of drug-likeness (QED) is 0.499. The average Bonchev–Trinajstić information content (AvgIpc) is 2.27. The van der Waals surface area contributed by atoms with Gasteiger partial charge >= 0.3 is 0 Å². The second kappa shape index (κ2) is 8.76. The molecule has 0 aliphatic rings. The van der Waals surface area contributed by atoms with Gasteiger partial charge in [0.15, 0.2) is 10.2 Å². The number of carbonyl (C=O) groups excluding carboxylic acids is 2. The minimum Gasteiger partial charge on any atom is -0.376 e. The van der Waals surface area contributed by atoms with Gasteiger partial charge in [-0.1, -0.05) is 6.92 Å². The molecule has 0 rings (SSSR count). The first-order valence-electron chi connectivity index (χ1n) is 6.02. The van der Waals surface area contributed by atoms with E-state index in [4.69, 9.17) is 18.0 Å². The molecule has 0 spiro atoms. The van der Waals surface area contributed by atoms with Crippen molar-refractivity contribution in [3.8, 4) is 0 Å². The third-order valence-electron chi connectivity index (χ3n) is 2.42. The molecule has 0 heterocycles. The van der Waals surface area contributed by atoms with E-state index in [9.17, 15) is 9.59 Å². The van der Waals surface area contributed by atoms with Crippen LogP contribution in [0.4, 0.5) is 0 Å².